The van der Waals surface area contributed by atoms with Crippen molar-refractivity contribution in [1.82, 2.24) is 0 Å². The van der Waals surface area contributed by atoms with E-state index in [1.54, 1.807) is 18.9 Å². The summed E-state index contributed by atoms with van der Waals surface area (Å²) in [6.45, 7) is 3.43. The van der Waals surface area contributed by atoms with Gasteiger partial charge in [-0.15, -0.1) is 11.8 Å². The van der Waals surface area contributed by atoms with Crippen molar-refractivity contribution in [3.8, 4) is 0 Å². The van der Waals surface area contributed by atoms with Gasteiger partial charge in [-0.2, -0.15) is 0 Å². The zero-order valence-electron chi connectivity index (χ0n) is 11.1. The number of anilines is 1. The number of methoxy groups -OCH3 is 1. The van der Waals surface area contributed by atoms with E-state index >= 15 is 0 Å². The van der Waals surface area contributed by atoms with E-state index in [0.29, 0.717) is 19.2 Å². The number of likely N-dealkylation sites (N-methyl/N-ethyl adjacent to an activating group) is 1. The lowest BCUT2D eigenvalue weighted by Gasteiger charge is -2.29. The fourth-order valence-corrected chi connectivity index (χ4v) is 2.52. The van der Waals surface area contributed by atoms with Gasteiger partial charge in [-0.05, 0) is 25.3 Å². The molecule has 0 saturated heterocycles. The van der Waals surface area contributed by atoms with Crippen LogP contribution in [0.15, 0.2) is 23.1 Å². The molecule has 2 N–H and O–H groups in total. The summed E-state index contributed by atoms with van der Waals surface area (Å²) < 4.78 is 5.20. The number of thioether (sulfide) groups is 1. The van der Waals surface area contributed by atoms with Gasteiger partial charge in [0.1, 0.15) is 0 Å². The van der Waals surface area contributed by atoms with E-state index in [2.05, 4.69) is 43.3 Å². The van der Waals surface area contributed by atoms with Gasteiger partial charge in [-0.1, -0.05) is 6.07 Å². The van der Waals surface area contributed by atoms with Gasteiger partial charge in [-0.25, -0.2) is 0 Å². The van der Waals surface area contributed by atoms with Crippen LogP contribution in [0.2, 0.25) is 0 Å². The Labute approximate surface area is 108 Å². The molecule has 0 heterocycles. The van der Waals surface area contributed by atoms with Gasteiger partial charge >= 0.3 is 0 Å². The Balaban J connectivity index is 3.03. The van der Waals surface area contributed by atoms with Crippen LogP contribution in [0, 0.1) is 0 Å². The van der Waals surface area contributed by atoms with Crippen LogP contribution in [-0.2, 0) is 11.3 Å². The highest BCUT2D eigenvalue weighted by Gasteiger charge is 2.14. The Bertz CT molecular complexity index is 357. The molecule has 0 aromatic heterocycles. The maximum atomic E-state index is 5.87. The summed E-state index contributed by atoms with van der Waals surface area (Å²) in [4.78, 5) is 3.48. The molecule has 0 amide bonds. The summed E-state index contributed by atoms with van der Waals surface area (Å²) in [6, 6.07) is 6.65. The second-order valence-electron chi connectivity index (χ2n) is 4.08. The Morgan fingerprint density at radius 1 is 1.47 bits per heavy atom. The van der Waals surface area contributed by atoms with Crippen LogP contribution in [0.1, 0.15) is 12.5 Å². The van der Waals surface area contributed by atoms with Crippen LogP contribution in [-0.4, -0.2) is 33.1 Å². The van der Waals surface area contributed by atoms with Gasteiger partial charge in [0.05, 0.1) is 6.61 Å². The highest BCUT2D eigenvalue weighted by Crippen LogP contribution is 2.29. The first-order valence-electron chi connectivity index (χ1n) is 5.73. The van der Waals surface area contributed by atoms with Gasteiger partial charge < -0.3 is 15.4 Å². The molecule has 4 heteroatoms. The SMILES string of the molecule is COCC(C)N(C)c1cccc(SC)c1CN. The molecule has 0 fully saturated rings. The van der Waals surface area contributed by atoms with Gasteiger partial charge in [0.25, 0.3) is 0 Å². The molecule has 3 nitrogen and oxygen atoms in total. The van der Waals surface area contributed by atoms with Gasteiger partial charge in [0.15, 0.2) is 0 Å². The molecule has 1 aromatic rings. The molecule has 1 unspecified atom stereocenters. The van der Waals surface area contributed by atoms with E-state index in [0.717, 1.165) is 0 Å². The van der Waals surface area contributed by atoms with Crippen LogP contribution in [0.25, 0.3) is 0 Å². The third-order valence-corrected chi connectivity index (χ3v) is 3.80. The Kier molecular flexibility index (Phi) is 5.82. The number of hydrogen-bond donors (Lipinski definition) is 1. The van der Waals surface area contributed by atoms with Crippen molar-refractivity contribution in [3.05, 3.63) is 23.8 Å². The fraction of sp³-hybridized carbons (Fsp3) is 0.538. The third kappa shape index (κ3) is 3.37. The van der Waals surface area contributed by atoms with Crippen molar-refractivity contribution in [2.24, 2.45) is 5.73 Å². The third-order valence-electron chi connectivity index (χ3n) is 2.98. The molecule has 0 saturated carbocycles. The molecule has 96 valence electrons. The number of ether oxygens (including phenoxy) is 1. The highest BCUT2D eigenvalue weighted by atomic mass is 32.2. The standard InChI is InChI=1S/C13H22N2OS/c1-10(9-16-3)15(2)12-6-5-7-13(17-4)11(12)8-14/h5-7,10H,8-9,14H2,1-4H3. The van der Waals surface area contributed by atoms with Crippen LogP contribution in [0.5, 0.6) is 0 Å². The smallest absolute Gasteiger partial charge is 0.0663 e. The highest BCUT2D eigenvalue weighted by molar-refractivity contribution is 7.98. The minimum atomic E-state index is 0.336. The molecule has 0 bridgehead atoms. The normalized spacial score (nSPS) is 12.5. The Hall–Kier alpha value is -0.710. The molecular formula is C13H22N2OS. The number of benzene rings is 1. The van der Waals surface area contributed by atoms with E-state index in [9.17, 15) is 0 Å². The van der Waals surface area contributed by atoms with Crippen LogP contribution in [0.3, 0.4) is 0 Å². The van der Waals surface area contributed by atoms with Crippen LogP contribution < -0.4 is 10.6 Å². The molecule has 17 heavy (non-hydrogen) atoms. The van der Waals surface area contributed by atoms with Gasteiger partial charge in [-0.3, -0.25) is 0 Å². The predicted octanol–water partition coefficient (Wildman–Crippen LogP) is 2.34. The summed E-state index contributed by atoms with van der Waals surface area (Å²) in [5.41, 5.74) is 8.28. The second kappa shape index (κ2) is 6.89. The number of nitrogens with two attached hydrogens (primary N) is 1. The summed E-state index contributed by atoms with van der Waals surface area (Å²) in [7, 11) is 3.81. The molecule has 1 aromatic carbocycles. The lowest BCUT2D eigenvalue weighted by Crippen LogP contribution is -2.33. The molecule has 0 aliphatic heterocycles. The van der Waals surface area contributed by atoms with Crippen molar-refractivity contribution >= 4 is 17.4 Å². The van der Waals surface area contributed by atoms with Crippen molar-refractivity contribution in [2.75, 3.05) is 31.9 Å². The molecular weight excluding hydrogens is 232 g/mol. The Morgan fingerprint density at radius 2 is 2.18 bits per heavy atom. The summed E-state index contributed by atoms with van der Waals surface area (Å²) >= 11 is 1.74. The first kappa shape index (κ1) is 14.4. The Morgan fingerprint density at radius 3 is 2.71 bits per heavy atom. The maximum absolute atomic E-state index is 5.87. The number of nitrogens with zero attached hydrogens (tertiary/aromatic N) is 1. The molecule has 0 aliphatic carbocycles. The van der Waals surface area contributed by atoms with Gasteiger partial charge in [0, 0.05) is 42.9 Å². The summed E-state index contributed by atoms with van der Waals surface area (Å²) in [5, 5.41) is 0. The van der Waals surface area contributed by atoms with E-state index in [1.165, 1.54) is 16.1 Å². The topological polar surface area (TPSA) is 38.5 Å². The molecule has 0 spiro atoms. The minimum Gasteiger partial charge on any atom is -0.383 e. The maximum Gasteiger partial charge on any atom is 0.0663 e. The van der Waals surface area contributed by atoms with Gasteiger partial charge in [0.2, 0.25) is 0 Å². The minimum absolute atomic E-state index is 0.336. The molecule has 1 atom stereocenters. The number of rotatable bonds is 6. The average Bonchev–Trinajstić information content (AvgIpc) is 2.36. The van der Waals surface area contributed by atoms with E-state index in [-0.39, 0.29) is 0 Å². The van der Waals surface area contributed by atoms with Crippen LogP contribution >= 0.6 is 11.8 Å². The summed E-state index contributed by atoms with van der Waals surface area (Å²) in [6.07, 6.45) is 2.08. The largest absolute Gasteiger partial charge is 0.383 e. The predicted molar refractivity (Wildman–Crippen MR) is 75.9 cm³/mol. The first-order valence-corrected chi connectivity index (χ1v) is 6.95. The second-order valence-corrected chi connectivity index (χ2v) is 4.93. The van der Waals surface area contributed by atoms with Crippen molar-refractivity contribution in [2.45, 2.75) is 24.4 Å². The fourth-order valence-electron chi connectivity index (χ4n) is 1.87. The first-order chi connectivity index (χ1) is 8.15. The van der Waals surface area contributed by atoms with Crippen LogP contribution in [0.4, 0.5) is 5.69 Å². The van der Waals surface area contributed by atoms with E-state index in [4.69, 9.17) is 10.5 Å². The van der Waals surface area contributed by atoms with Crippen molar-refractivity contribution < 1.29 is 4.74 Å². The van der Waals surface area contributed by atoms with E-state index < -0.39 is 0 Å². The molecule has 0 aliphatic rings. The lowest BCUT2D eigenvalue weighted by atomic mass is 10.1. The monoisotopic (exact) mass is 254 g/mol. The zero-order valence-corrected chi connectivity index (χ0v) is 11.9. The lowest BCUT2D eigenvalue weighted by molar-refractivity contribution is 0.183. The average molecular weight is 254 g/mol. The van der Waals surface area contributed by atoms with E-state index in [1.807, 2.05) is 0 Å². The van der Waals surface area contributed by atoms with Crippen molar-refractivity contribution in [3.63, 3.8) is 0 Å². The molecule has 1 rings (SSSR count). The number of hydrogen-bond acceptors (Lipinski definition) is 4. The molecule has 0 radical (unpaired) electrons. The zero-order chi connectivity index (χ0) is 12.8. The summed E-state index contributed by atoms with van der Waals surface area (Å²) in [5.74, 6) is 0. The quantitative estimate of drug-likeness (QED) is 0.791. The van der Waals surface area contributed by atoms with Crippen molar-refractivity contribution in [1.29, 1.82) is 0 Å².